The quantitative estimate of drug-likeness (QED) is 0.208. The zero-order chi connectivity index (χ0) is 41.2. The second kappa shape index (κ2) is 17.3. The van der Waals surface area contributed by atoms with E-state index in [9.17, 15) is 27.6 Å². The van der Waals surface area contributed by atoms with Gasteiger partial charge in [-0.15, -0.1) is 0 Å². The van der Waals surface area contributed by atoms with E-state index in [0.29, 0.717) is 54.6 Å². The number of nitrogens with one attached hydrogen (secondary N) is 3. The minimum absolute atomic E-state index is 0.00291. The number of carbonyl (C=O) groups is 4. The first kappa shape index (κ1) is 41.5. The van der Waals surface area contributed by atoms with Crippen LogP contribution >= 0.6 is 0 Å². The van der Waals surface area contributed by atoms with E-state index >= 15 is 0 Å². The summed E-state index contributed by atoms with van der Waals surface area (Å²) in [5.41, 5.74) is -1.54. The van der Waals surface area contributed by atoms with Crippen molar-refractivity contribution in [2.75, 3.05) is 47.2 Å². The Kier molecular flexibility index (Phi) is 12.4. The highest BCUT2D eigenvalue weighted by molar-refractivity contribution is 7.91. The van der Waals surface area contributed by atoms with Crippen molar-refractivity contribution in [3.63, 3.8) is 0 Å². The first-order valence-electron chi connectivity index (χ1n) is 20.0. The Morgan fingerprint density at radius 1 is 1.05 bits per heavy atom. The van der Waals surface area contributed by atoms with Crippen molar-refractivity contribution in [2.45, 2.75) is 93.9 Å². The summed E-state index contributed by atoms with van der Waals surface area (Å²) in [6.45, 7) is 5.04. The fourth-order valence-electron chi connectivity index (χ4n) is 7.99. The monoisotopic (exact) mass is 827 g/mol. The lowest BCUT2D eigenvalue weighted by molar-refractivity contribution is -0.142. The Bertz CT molecular complexity index is 2020. The summed E-state index contributed by atoms with van der Waals surface area (Å²) in [7, 11) is -0.793. The third kappa shape index (κ3) is 9.13. The van der Waals surface area contributed by atoms with Gasteiger partial charge in [0.1, 0.15) is 41.8 Å². The molecule has 2 aromatic rings. The topological polar surface area (TPSA) is 210 Å². The van der Waals surface area contributed by atoms with E-state index in [4.69, 9.17) is 28.4 Å². The van der Waals surface area contributed by atoms with Crippen LogP contribution in [0.5, 0.6) is 17.4 Å². The molecule has 4 fully saturated rings. The van der Waals surface area contributed by atoms with Crippen molar-refractivity contribution in [1.82, 2.24) is 25.2 Å². The normalized spacial score (nSPS) is 29.7. The molecule has 0 unspecified atom stereocenters. The summed E-state index contributed by atoms with van der Waals surface area (Å²) in [6.07, 6.45) is 6.48. The summed E-state index contributed by atoms with van der Waals surface area (Å²) in [5.74, 6) is -1.38. The van der Waals surface area contributed by atoms with Gasteiger partial charge in [-0.3, -0.25) is 19.1 Å². The van der Waals surface area contributed by atoms with Gasteiger partial charge in [-0.1, -0.05) is 26.0 Å². The predicted octanol–water partition coefficient (Wildman–Crippen LogP) is 2.61. The zero-order valence-electron chi connectivity index (χ0n) is 33.3. The molecule has 0 bridgehead atoms. The second-order valence-electron chi connectivity index (χ2n) is 16.1. The van der Waals surface area contributed by atoms with Gasteiger partial charge in [0.15, 0.2) is 6.10 Å². The van der Waals surface area contributed by atoms with Crippen molar-refractivity contribution in [3.8, 4) is 17.4 Å². The summed E-state index contributed by atoms with van der Waals surface area (Å²) in [6, 6.07) is 3.10. The number of allylic oxidation sites excluding steroid dienone is 1. The van der Waals surface area contributed by atoms with Crippen molar-refractivity contribution in [2.24, 2.45) is 17.8 Å². The van der Waals surface area contributed by atoms with Gasteiger partial charge in [-0.05, 0) is 68.6 Å². The predicted molar refractivity (Wildman–Crippen MR) is 209 cm³/mol. The molecule has 316 valence electrons. The molecular weight excluding hydrogens is 775 g/mol. The maximum absolute atomic E-state index is 14.8. The van der Waals surface area contributed by atoms with Crippen LogP contribution in [0.15, 0.2) is 36.5 Å². The van der Waals surface area contributed by atoms with Crippen molar-refractivity contribution >= 4 is 44.6 Å². The van der Waals surface area contributed by atoms with E-state index in [1.54, 1.807) is 32.4 Å². The van der Waals surface area contributed by atoms with Crippen LogP contribution in [0.25, 0.3) is 10.8 Å². The second-order valence-corrected chi connectivity index (χ2v) is 18.1. The fourth-order valence-corrected chi connectivity index (χ4v) is 9.35. The van der Waals surface area contributed by atoms with E-state index < -0.39 is 74.8 Å². The van der Waals surface area contributed by atoms with Crippen molar-refractivity contribution in [3.05, 3.63) is 36.5 Å². The third-order valence-electron chi connectivity index (χ3n) is 11.6. The Morgan fingerprint density at radius 3 is 2.55 bits per heavy atom. The number of pyridine rings is 1. The number of hydrogen-bond acceptors (Lipinski definition) is 13. The highest BCUT2D eigenvalue weighted by Crippen LogP contribution is 2.46. The fraction of sp³-hybridized carbons (Fsp3) is 0.625. The average Bonchev–Trinajstić information content (AvgIpc) is 4.11. The van der Waals surface area contributed by atoms with Gasteiger partial charge >= 0.3 is 6.09 Å². The smallest absolute Gasteiger partial charge is 0.408 e. The van der Waals surface area contributed by atoms with Crippen molar-refractivity contribution < 1.29 is 56.0 Å². The molecule has 1 aromatic carbocycles. The molecule has 7 atom stereocenters. The molecule has 3 N–H and O–H groups in total. The van der Waals surface area contributed by atoms with Crippen LogP contribution in [0.4, 0.5) is 4.79 Å². The number of aromatic nitrogens is 1. The first-order valence-corrected chi connectivity index (χ1v) is 21.5. The van der Waals surface area contributed by atoms with Crippen LogP contribution < -0.4 is 29.6 Å². The lowest BCUT2D eigenvalue weighted by Gasteiger charge is -2.33. The Labute approximate surface area is 337 Å². The van der Waals surface area contributed by atoms with E-state index in [2.05, 4.69) is 27.3 Å². The van der Waals surface area contributed by atoms with Crippen LogP contribution in [0, 0.1) is 17.8 Å². The number of methoxy groups -OCH3 is 2. The highest BCUT2D eigenvalue weighted by Gasteiger charge is 2.62. The molecule has 2 saturated carbocycles. The molecule has 5 aliphatic rings. The molecule has 0 radical (unpaired) electrons. The Hall–Kier alpha value is -4.68. The standard InChI is InChI=1S/C40H53N5O12S/c1-23-7-5-6-8-25-18-40(25,38(48)44-58(50,51)29-10-11-29)43-35(46)32-17-27(20-45(32)37(47)34(24(2)15-23)42-39(49)57-28-21-54-22-28)56-36-30-12-9-26(53-4)16-31(30)33(19-41-36)55-14-13-52-3/h6,8-9,12,16,19,23-25,27-29,32,34H,5,7,10-11,13-15,17-18,20-22H2,1-4H3,(H,42,49)(H,43,46)(H,44,48)/b8-6-/t23-,24-,25-,27-,32+,34+,40-/m1/s1. The number of nitrogens with zero attached hydrogens (tertiary/aromatic N) is 2. The Balaban J connectivity index is 1.21. The highest BCUT2D eigenvalue weighted by atomic mass is 32.2. The number of carbonyl (C=O) groups excluding carboxylic acids is 4. The number of hydrogen-bond donors (Lipinski definition) is 3. The van der Waals surface area contributed by atoms with E-state index in [0.717, 1.165) is 6.42 Å². The molecule has 7 rings (SSSR count). The lowest BCUT2D eigenvalue weighted by Crippen LogP contribution is -2.59. The number of sulfonamides is 1. The van der Waals surface area contributed by atoms with Crippen LogP contribution in [0.3, 0.4) is 0 Å². The first-order chi connectivity index (χ1) is 27.8. The van der Waals surface area contributed by atoms with Crippen LogP contribution in [0.2, 0.25) is 0 Å². The molecule has 58 heavy (non-hydrogen) atoms. The number of fused-ring (bicyclic) bond motifs is 3. The molecule has 2 saturated heterocycles. The van der Waals surface area contributed by atoms with Gasteiger partial charge in [0, 0.05) is 30.2 Å². The van der Waals surface area contributed by atoms with Gasteiger partial charge in [0.05, 0.1) is 44.9 Å². The van der Waals surface area contributed by atoms with Gasteiger partial charge in [-0.2, -0.15) is 0 Å². The van der Waals surface area contributed by atoms with Gasteiger partial charge < -0.3 is 44.0 Å². The number of rotatable bonds is 12. The molecule has 18 heteroatoms. The number of alkyl carbamates (subject to hydrolysis) is 1. The largest absolute Gasteiger partial charge is 0.497 e. The molecule has 4 amide bonds. The van der Waals surface area contributed by atoms with Crippen LogP contribution in [0.1, 0.15) is 58.8 Å². The summed E-state index contributed by atoms with van der Waals surface area (Å²) in [5, 5.41) is 6.30. The molecule has 17 nitrogen and oxygen atoms in total. The van der Waals surface area contributed by atoms with Gasteiger partial charge in [-0.25, -0.2) is 18.2 Å². The SMILES string of the molecule is COCCOc1cnc(O[C@@H]2C[C@H]3C(=O)N[C@]4(C(=O)NS(=O)(=O)C5CC5)C[C@H]4/C=C\CC[C@@H](C)C[C@@H](C)[C@H](NC(=O)OC4COC4)C(=O)N3C2)c2ccc(OC)cc12. The number of ether oxygens (including phenoxy) is 6. The number of benzene rings is 1. The molecule has 1 aromatic heterocycles. The lowest BCUT2D eigenvalue weighted by atomic mass is 9.88. The van der Waals surface area contributed by atoms with Crippen molar-refractivity contribution in [1.29, 1.82) is 0 Å². The summed E-state index contributed by atoms with van der Waals surface area (Å²) in [4.78, 5) is 62.3. The maximum Gasteiger partial charge on any atom is 0.408 e. The van der Waals surface area contributed by atoms with E-state index in [-0.39, 0.29) is 56.9 Å². The van der Waals surface area contributed by atoms with Gasteiger partial charge in [0.25, 0.3) is 5.91 Å². The van der Waals surface area contributed by atoms with E-state index in [1.165, 1.54) is 11.1 Å². The summed E-state index contributed by atoms with van der Waals surface area (Å²) >= 11 is 0. The Morgan fingerprint density at radius 2 is 1.84 bits per heavy atom. The van der Waals surface area contributed by atoms with E-state index in [1.807, 2.05) is 19.1 Å². The minimum atomic E-state index is -3.92. The van der Waals surface area contributed by atoms with Gasteiger partial charge in [0.2, 0.25) is 27.7 Å². The third-order valence-corrected chi connectivity index (χ3v) is 13.4. The maximum atomic E-state index is 14.8. The average molecular weight is 828 g/mol. The number of amides is 4. The summed E-state index contributed by atoms with van der Waals surface area (Å²) < 4.78 is 61.8. The van der Waals surface area contributed by atoms with Crippen LogP contribution in [-0.2, 0) is 38.6 Å². The molecular formula is C40H53N5O12S. The molecule has 3 aliphatic heterocycles. The molecule has 0 spiro atoms. The van der Waals surface area contributed by atoms with Crippen LogP contribution in [-0.4, -0.2) is 124 Å². The molecule has 4 heterocycles. The molecule has 2 aliphatic carbocycles. The minimum Gasteiger partial charge on any atom is -0.497 e. The zero-order valence-corrected chi connectivity index (χ0v) is 34.1.